The zero-order valence-electron chi connectivity index (χ0n) is 10.5. The molecule has 0 unspecified atom stereocenters. The summed E-state index contributed by atoms with van der Waals surface area (Å²) in [4.78, 5) is 11.9. The predicted octanol–water partition coefficient (Wildman–Crippen LogP) is 4.50. The van der Waals surface area contributed by atoms with Gasteiger partial charge in [0.05, 0.1) is 12.2 Å². The molecule has 0 fully saturated rings. The van der Waals surface area contributed by atoms with Crippen molar-refractivity contribution < 1.29 is 22.7 Å². The van der Waals surface area contributed by atoms with Crippen LogP contribution in [0, 0.1) is 0 Å². The summed E-state index contributed by atoms with van der Waals surface area (Å²) in [7, 11) is 0. The summed E-state index contributed by atoms with van der Waals surface area (Å²) in [5.41, 5.74) is -0.673. The molecule has 0 spiro atoms. The van der Waals surface area contributed by atoms with E-state index in [-0.39, 0.29) is 6.61 Å². The number of carbonyl (C=O) groups excluding carboxylic acids is 1. The maximum absolute atomic E-state index is 12.6. The van der Waals surface area contributed by atoms with Crippen molar-refractivity contribution in [3.8, 4) is 0 Å². The summed E-state index contributed by atoms with van der Waals surface area (Å²) in [5.74, 6) is -0.471. The van der Waals surface area contributed by atoms with Gasteiger partial charge in [-0.2, -0.15) is 13.2 Å². The van der Waals surface area contributed by atoms with Gasteiger partial charge in [-0.15, -0.1) is 11.3 Å². The van der Waals surface area contributed by atoms with Crippen molar-refractivity contribution in [2.24, 2.45) is 0 Å². The molecule has 1 heterocycles. The van der Waals surface area contributed by atoms with Gasteiger partial charge in [0, 0.05) is 15.7 Å². The molecule has 0 aliphatic carbocycles. The van der Waals surface area contributed by atoms with Crippen molar-refractivity contribution >= 4 is 33.5 Å². The Hall–Kier alpha value is -1.82. The fourth-order valence-electron chi connectivity index (χ4n) is 1.65. The van der Waals surface area contributed by atoms with Gasteiger partial charge >= 0.3 is 12.1 Å². The van der Waals surface area contributed by atoms with Gasteiger partial charge in [0.2, 0.25) is 0 Å². The van der Waals surface area contributed by atoms with Crippen LogP contribution in [0.3, 0.4) is 0 Å². The number of alkyl halides is 3. The molecule has 6 heteroatoms. The second-order valence-electron chi connectivity index (χ2n) is 3.98. The molecule has 0 atom stereocenters. The van der Waals surface area contributed by atoms with Crippen LogP contribution in [0.1, 0.15) is 17.4 Å². The Balaban J connectivity index is 2.28. The maximum Gasteiger partial charge on any atom is 0.416 e. The second-order valence-corrected chi connectivity index (χ2v) is 5.10. The van der Waals surface area contributed by atoms with Crippen LogP contribution in [0.5, 0.6) is 0 Å². The van der Waals surface area contributed by atoms with Crippen molar-refractivity contribution in [3.63, 3.8) is 0 Å². The van der Waals surface area contributed by atoms with E-state index in [1.807, 2.05) is 0 Å². The largest absolute Gasteiger partial charge is 0.463 e. The fraction of sp³-hybridized carbons (Fsp3) is 0.214. The zero-order valence-corrected chi connectivity index (χ0v) is 11.3. The van der Waals surface area contributed by atoms with Crippen LogP contribution in [0.25, 0.3) is 16.2 Å². The van der Waals surface area contributed by atoms with Crippen LogP contribution in [0.15, 0.2) is 30.3 Å². The Kier molecular flexibility index (Phi) is 4.13. The number of hydrogen-bond acceptors (Lipinski definition) is 3. The van der Waals surface area contributed by atoms with Gasteiger partial charge in [0.1, 0.15) is 0 Å². The SMILES string of the molecule is CCOC(=O)/C=C/c1cc2ccc(C(F)(F)F)cc2s1. The molecule has 0 saturated carbocycles. The molecule has 0 amide bonds. The highest BCUT2D eigenvalue weighted by molar-refractivity contribution is 7.19. The standard InChI is InChI=1S/C14H11F3O2S/c1-2-19-13(18)6-5-11-7-9-3-4-10(14(15,16)17)8-12(9)20-11/h3-8H,2H2,1H3/b6-5+. The van der Waals surface area contributed by atoms with Gasteiger partial charge in [-0.3, -0.25) is 0 Å². The van der Waals surface area contributed by atoms with E-state index in [2.05, 4.69) is 0 Å². The first-order valence-corrected chi connectivity index (χ1v) is 6.67. The van der Waals surface area contributed by atoms with Crippen LogP contribution in [-0.4, -0.2) is 12.6 Å². The summed E-state index contributed by atoms with van der Waals surface area (Å²) < 4.78 is 43.0. The highest BCUT2D eigenvalue weighted by atomic mass is 32.1. The average Bonchev–Trinajstić information content (AvgIpc) is 2.77. The third kappa shape index (κ3) is 3.39. The summed E-state index contributed by atoms with van der Waals surface area (Å²) in [6.07, 6.45) is -1.55. The lowest BCUT2D eigenvalue weighted by Crippen LogP contribution is -2.03. The molecule has 0 saturated heterocycles. The lowest BCUT2D eigenvalue weighted by atomic mass is 10.1. The van der Waals surface area contributed by atoms with Crippen molar-refractivity contribution in [1.82, 2.24) is 0 Å². The van der Waals surface area contributed by atoms with Crippen molar-refractivity contribution in [2.75, 3.05) is 6.61 Å². The van der Waals surface area contributed by atoms with E-state index >= 15 is 0 Å². The van der Waals surface area contributed by atoms with Crippen molar-refractivity contribution in [3.05, 3.63) is 40.8 Å². The molecule has 2 nitrogen and oxygen atoms in total. The minimum absolute atomic E-state index is 0.282. The van der Waals surface area contributed by atoms with E-state index in [1.165, 1.54) is 29.6 Å². The van der Waals surface area contributed by atoms with Crippen LogP contribution in [0.4, 0.5) is 13.2 Å². The highest BCUT2D eigenvalue weighted by Gasteiger charge is 2.30. The molecular weight excluding hydrogens is 289 g/mol. The minimum atomic E-state index is -4.35. The predicted molar refractivity (Wildman–Crippen MR) is 72.5 cm³/mol. The number of esters is 1. The van der Waals surface area contributed by atoms with Gasteiger partial charge < -0.3 is 4.74 Å². The Morgan fingerprint density at radius 1 is 1.35 bits per heavy atom. The number of ether oxygens (including phenoxy) is 1. The van der Waals surface area contributed by atoms with E-state index in [4.69, 9.17) is 4.74 Å². The van der Waals surface area contributed by atoms with E-state index in [1.54, 1.807) is 13.0 Å². The smallest absolute Gasteiger partial charge is 0.416 e. The molecule has 2 aromatic rings. The van der Waals surface area contributed by atoms with Crippen LogP contribution < -0.4 is 0 Å². The molecule has 1 aromatic heterocycles. The first-order valence-electron chi connectivity index (χ1n) is 5.86. The average molecular weight is 300 g/mol. The quantitative estimate of drug-likeness (QED) is 0.616. The molecule has 0 radical (unpaired) electrons. The number of hydrogen-bond donors (Lipinski definition) is 0. The first-order chi connectivity index (χ1) is 9.40. The van der Waals surface area contributed by atoms with Gasteiger partial charge in [-0.25, -0.2) is 4.79 Å². The van der Waals surface area contributed by atoms with E-state index in [0.29, 0.717) is 15.0 Å². The van der Waals surface area contributed by atoms with Gasteiger partial charge in [-0.1, -0.05) is 6.07 Å². The minimum Gasteiger partial charge on any atom is -0.463 e. The maximum atomic E-state index is 12.6. The summed E-state index contributed by atoms with van der Waals surface area (Å²) >= 11 is 1.19. The number of carbonyl (C=O) groups is 1. The van der Waals surface area contributed by atoms with Crippen LogP contribution in [-0.2, 0) is 15.7 Å². The van der Waals surface area contributed by atoms with E-state index in [9.17, 15) is 18.0 Å². The molecule has 2 rings (SSSR count). The topological polar surface area (TPSA) is 26.3 Å². The Labute approximate surface area is 117 Å². The number of halogens is 3. The van der Waals surface area contributed by atoms with E-state index in [0.717, 1.165) is 12.1 Å². The highest BCUT2D eigenvalue weighted by Crippen LogP contribution is 2.34. The molecular formula is C14H11F3O2S. The Morgan fingerprint density at radius 2 is 2.10 bits per heavy atom. The first kappa shape index (κ1) is 14.6. The molecule has 0 N–H and O–H groups in total. The molecule has 0 bridgehead atoms. The third-order valence-electron chi connectivity index (χ3n) is 2.54. The van der Waals surface area contributed by atoms with Crippen LogP contribution in [0.2, 0.25) is 0 Å². The molecule has 0 aliphatic heterocycles. The van der Waals surface area contributed by atoms with Crippen molar-refractivity contribution in [2.45, 2.75) is 13.1 Å². The zero-order chi connectivity index (χ0) is 14.8. The van der Waals surface area contributed by atoms with Crippen LogP contribution >= 0.6 is 11.3 Å². The van der Waals surface area contributed by atoms with Crippen molar-refractivity contribution in [1.29, 1.82) is 0 Å². The second kappa shape index (κ2) is 5.66. The Bertz CT molecular complexity index is 656. The molecule has 106 valence electrons. The summed E-state index contributed by atoms with van der Waals surface area (Å²) in [5, 5.41) is 0.714. The normalized spacial score (nSPS) is 12.2. The monoisotopic (exact) mass is 300 g/mol. The number of rotatable bonds is 3. The summed E-state index contributed by atoms with van der Waals surface area (Å²) in [6.45, 7) is 1.98. The number of benzene rings is 1. The van der Waals surface area contributed by atoms with Gasteiger partial charge in [0.15, 0.2) is 0 Å². The molecule has 20 heavy (non-hydrogen) atoms. The number of fused-ring (bicyclic) bond motifs is 1. The lowest BCUT2D eigenvalue weighted by Gasteiger charge is -2.05. The number of thiophene rings is 1. The lowest BCUT2D eigenvalue weighted by molar-refractivity contribution is -0.138. The van der Waals surface area contributed by atoms with E-state index < -0.39 is 17.7 Å². The molecule has 0 aliphatic rings. The fourth-order valence-corrected chi connectivity index (χ4v) is 2.66. The third-order valence-corrected chi connectivity index (χ3v) is 3.60. The Morgan fingerprint density at radius 3 is 2.75 bits per heavy atom. The van der Waals surface area contributed by atoms with Gasteiger partial charge in [-0.05, 0) is 36.6 Å². The van der Waals surface area contributed by atoms with Gasteiger partial charge in [0.25, 0.3) is 0 Å². The summed E-state index contributed by atoms with van der Waals surface area (Å²) in [6, 6.07) is 5.32. The molecule has 1 aromatic carbocycles.